The van der Waals surface area contributed by atoms with Crippen LogP contribution in [-0.4, -0.2) is 5.11 Å². The molecule has 18 heavy (non-hydrogen) atoms. The van der Waals surface area contributed by atoms with Crippen LogP contribution >= 0.6 is 15.9 Å². The molecular formula is C14H11BrF2O. The van der Waals surface area contributed by atoms with Gasteiger partial charge in [0.2, 0.25) is 0 Å². The van der Waals surface area contributed by atoms with Crippen LogP contribution in [-0.2, 0) is 6.42 Å². The predicted octanol–water partition coefficient (Wildman–Crippen LogP) is 4.00. The molecule has 0 saturated heterocycles. The van der Waals surface area contributed by atoms with Crippen molar-refractivity contribution in [3.8, 4) is 0 Å². The maximum absolute atomic E-state index is 13.5. The van der Waals surface area contributed by atoms with E-state index < -0.39 is 17.7 Å². The fourth-order valence-corrected chi connectivity index (χ4v) is 2.20. The van der Waals surface area contributed by atoms with Gasteiger partial charge in [-0.1, -0.05) is 30.3 Å². The summed E-state index contributed by atoms with van der Waals surface area (Å²) in [6.07, 6.45) is -0.844. The molecule has 94 valence electrons. The minimum absolute atomic E-state index is 0.152. The second-order valence-corrected chi connectivity index (χ2v) is 4.75. The zero-order valence-corrected chi connectivity index (χ0v) is 11.0. The standard InChI is InChI=1S/C14H11BrF2O/c15-14-9(4-3-7-12(14)17)8-13(18)10-5-1-2-6-11(10)16/h1-7,13,18H,8H2. The van der Waals surface area contributed by atoms with Crippen molar-refractivity contribution in [3.63, 3.8) is 0 Å². The van der Waals surface area contributed by atoms with Gasteiger partial charge in [-0.2, -0.15) is 0 Å². The van der Waals surface area contributed by atoms with Crippen molar-refractivity contribution in [2.75, 3.05) is 0 Å². The van der Waals surface area contributed by atoms with Crippen LogP contribution in [0.5, 0.6) is 0 Å². The van der Waals surface area contributed by atoms with Gasteiger partial charge in [0.1, 0.15) is 11.6 Å². The number of benzene rings is 2. The van der Waals surface area contributed by atoms with Crippen LogP contribution in [0.1, 0.15) is 17.2 Å². The average molecular weight is 313 g/mol. The Morgan fingerprint density at radius 2 is 1.67 bits per heavy atom. The van der Waals surface area contributed by atoms with E-state index in [0.29, 0.717) is 10.0 Å². The van der Waals surface area contributed by atoms with Crippen molar-refractivity contribution in [1.29, 1.82) is 0 Å². The van der Waals surface area contributed by atoms with Crippen LogP contribution < -0.4 is 0 Å². The first-order valence-electron chi connectivity index (χ1n) is 5.45. The first-order chi connectivity index (χ1) is 8.59. The SMILES string of the molecule is OC(Cc1cccc(F)c1Br)c1ccccc1F. The molecule has 0 aromatic heterocycles. The largest absolute Gasteiger partial charge is 0.388 e. The molecule has 0 heterocycles. The highest BCUT2D eigenvalue weighted by Crippen LogP contribution is 2.26. The normalized spacial score (nSPS) is 12.4. The average Bonchev–Trinajstić information content (AvgIpc) is 2.35. The van der Waals surface area contributed by atoms with Gasteiger partial charge in [-0.05, 0) is 33.6 Å². The third-order valence-corrected chi connectivity index (χ3v) is 3.60. The molecule has 0 aliphatic heterocycles. The molecular weight excluding hydrogens is 302 g/mol. The van der Waals surface area contributed by atoms with Gasteiger partial charge in [0, 0.05) is 12.0 Å². The Morgan fingerprint density at radius 3 is 2.39 bits per heavy atom. The Balaban J connectivity index is 2.24. The maximum Gasteiger partial charge on any atom is 0.137 e. The third kappa shape index (κ3) is 2.76. The van der Waals surface area contributed by atoms with E-state index in [-0.39, 0.29) is 12.0 Å². The molecule has 0 radical (unpaired) electrons. The van der Waals surface area contributed by atoms with E-state index in [9.17, 15) is 13.9 Å². The van der Waals surface area contributed by atoms with Gasteiger partial charge >= 0.3 is 0 Å². The Labute approximate surface area is 112 Å². The zero-order valence-electron chi connectivity index (χ0n) is 9.41. The van der Waals surface area contributed by atoms with E-state index in [1.54, 1.807) is 24.3 Å². The number of aliphatic hydroxyl groups excluding tert-OH is 1. The minimum atomic E-state index is -0.996. The predicted molar refractivity (Wildman–Crippen MR) is 69.2 cm³/mol. The fourth-order valence-electron chi connectivity index (χ4n) is 1.77. The topological polar surface area (TPSA) is 20.2 Å². The molecule has 1 N–H and O–H groups in total. The summed E-state index contributed by atoms with van der Waals surface area (Å²) in [7, 11) is 0. The number of hydrogen-bond donors (Lipinski definition) is 1. The second-order valence-electron chi connectivity index (χ2n) is 3.95. The molecule has 0 amide bonds. The maximum atomic E-state index is 13.5. The molecule has 2 aromatic carbocycles. The molecule has 2 aromatic rings. The number of halogens is 3. The quantitative estimate of drug-likeness (QED) is 0.908. The van der Waals surface area contributed by atoms with Crippen LogP contribution in [0.25, 0.3) is 0 Å². The van der Waals surface area contributed by atoms with Crippen LogP contribution in [0.4, 0.5) is 8.78 Å². The van der Waals surface area contributed by atoms with Crippen molar-refractivity contribution < 1.29 is 13.9 Å². The van der Waals surface area contributed by atoms with Gasteiger partial charge in [0.15, 0.2) is 0 Å². The van der Waals surface area contributed by atoms with Crippen molar-refractivity contribution in [2.24, 2.45) is 0 Å². The molecule has 0 saturated carbocycles. The van der Waals surface area contributed by atoms with Gasteiger partial charge in [-0.3, -0.25) is 0 Å². The molecule has 0 aliphatic carbocycles. The number of aliphatic hydroxyl groups is 1. The summed E-state index contributed by atoms with van der Waals surface area (Å²) in [5, 5.41) is 9.99. The van der Waals surface area contributed by atoms with Crippen molar-refractivity contribution in [3.05, 3.63) is 69.7 Å². The van der Waals surface area contributed by atoms with Crippen molar-refractivity contribution >= 4 is 15.9 Å². The molecule has 1 unspecified atom stereocenters. The van der Waals surface area contributed by atoms with Crippen LogP contribution in [0.2, 0.25) is 0 Å². The second kappa shape index (κ2) is 5.59. The van der Waals surface area contributed by atoms with Crippen molar-refractivity contribution in [1.82, 2.24) is 0 Å². The van der Waals surface area contributed by atoms with Crippen LogP contribution in [0.15, 0.2) is 46.9 Å². The molecule has 2 rings (SSSR count). The van der Waals surface area contributed by atoms with E-state index in [0.717, 1.165) is 0 Å². The Hall–Kier alpha value is -1.26. The summed E-state index contributed by atoms with van der Waals surface area (Å²) in [6.45, 7) is 0. The van der Waals surface area contributed by atoms with Gasteiger partial charge in [0.25, 0.3) is 0 Å². The first kappa shape index (κ1) is 13.2. The van der Waals surface area contributed by atoms with Gasteiger partial charge in [-0.15, -0.1) is 0 Å². The molecule has 1 nitrogen and oxygen atoms in total. The van der Waals surface area contributed by atoms with E-state index in [1.807, 2.05) is 0 Å². The summed E-state index contributed by atoms with van der Waals surface area (Å²) in [6, 6.07) is 10.6. The molecule has 1 atom stereocenters. The summed E-state index contributed by atoms with van der Waals surface area (Å²) < 4.78 is 27.1. The lowest BCUT2D eigenvalue weighted by Crippen LogP contribution is -2.05. The lowest BCUT2D eigenvalue weighted by atomic mass is 10.0. The Bertz CT molecular complexity index is 557. The minimum Gasteiger partial charge on any atom is -0.388 e. The lowest BCUT2D eigenvalue weighted by molar-refractivity contribution is 0.173. The van der Waals surface area contributed by atoms with E-state index in [2.05, 4.69) is 15.9 Å². The Morgan fingerprint density at radius 1 is 1.00 bits per heavy atom. The summed E-state index contributed by atoms with van der Waals surface area (Å²) in [4.78, 5) is 0. The molecule has 0 fully saturated rings. The first-order valence-corrected chi connectivity index (χ1v) is 6.24. The summed E-state index contributed by atoms with van der Waals surface area (Å²) >= 11 is 3.12. The molecule has 0 aliphatic rings. The third-order valence-electron chi connectivity index (χ3n) is 2.71. The van der Waals surface area contributed by atoms with Gasteiger partial charge in [0.05, 0.1) is 10.6 Å². The lowest BCUT2D eigenvalue weighted by Gasteiger charge is -2.13. The smallest absolute Gasteiger partial charge is 0.137 e. The Kier molecular flexibility index (Phi) is 4.09. The highest BCUT2D eigenvalue weighted by Gasteiger charge is 2.15. The molecule has 4 heteroatoms. The summed E-state index contributed by atoms with van der Waals surface area (Å²) in [5.41, 5.74) is 0.819. The highest BCUT2D eigenvalue weighted by atomic mass is 79.9. The fraction of sp³-hybridized carbons (Fsp3) is 0.143. The highest BCUT2D eigenvalue weighted by molar-refractivity contribution is 9.10. The number of hydrogen-bond acceptors (Lipinski definition) is 1. The zero-order chi connectivity index (χ0) is 13.1. The molecule has 0 bridgehead atoms. The van der Waals surface area contributed by atoms with Crippen LogP contribution in [0, 0.1) is 11.6 Å². The van der Waals surface area contributed by atoms with E-state index in [1.165, 1.54) is 18.2 Å². The monoisotopic (exact) mass is 312 g/mol. The summed E-state index contributed by atoms with van der Waals surface area (Å²) in [5.74, 6) is -0.856. The van der Waals surface area contributed by atoms with Gasteiger partial charge < -0.3 is 5.11 Å². The number of rotatable bonds is 3. The van der Waals surface area contributed by atoms with Gasteiger partial charge in [-0.25, -0.2) is 8.78 Å². The van der Waals surface area contributed by atoms with Crippen molar-refractivity contribution in [2.45, 2.75) is 12.5 Å². The molecule has 0 spiro atoms. The van der Waals surface area contributed by atoms with Crippen LogP contribution in [0.3, 0.4) is 0 Å². The van der Waals surface area contributed by atoms with E-state index in [4.69, 9.17) is 0 Å². The van der Waals surface area contributed by atoms with E-state index >= 15 is 0 Å².